The number of aromatic nitrogens is 6. The second kappa shape index (κ2) is 37.2. The van der Waals surface area contributed by atoms with Gasteiger partial charge in [-0.05, 0) is 174 Å². The van der Waals surface area contributed by atoms with Crippen molar-refractivity contribution in [1.29, 1.82) is 0 Å². The van der Waals surface area contributed by atoms with Crippen LogP contribution in [-0.4, -0.2) is 102 Å². The van der Waals surface area contributed by atoms with Crippen LogP contribution in [0.2, 0.25) is 20.1 Å². The van der Waals surface area contributed by atoms with Gasteiger partial charge in [0.1, 0.15) is 23.0 Å². The summed E-state index contributed by atoms with van der Waals surface area (Å²) in [6.45, 7) is 5.62. The lowest BCUT2D eigenvalue weighted by molar-refractivity contribution is 0.0695. The van der Waals surface area contributed by atoms with Crippen molar-refractivity contribution in [3.63, 3.8) is 0 Å². The monoisotopic (exact) mass is 1530 g/mol. The van der Waals surface area contributed by atoms with Crippen molar-refractivity contribution in [3.8, 4) is 45.5 Å². The molecule has 0 radical (unpaired) electrons. The first-order valence-corrected chi connectivity index (χ1v) is 32.2. The Morgan fingerprint density at radius 3 is 1.19 bits per heavy atom. The Balaban J connectivity index is 0.000000194. The molecule has 28 heteroatoms. The molecule has 0 saturated carbocycles. The van der Waals surface area contributed by atoms with E-state index in [-0.39, 0.29) is 29.0 Å². The third-order valence-corrected chi connectivity index (χ3v) is 16.3. The summed E-state index contributed by atoms with van der Waals surface area (Å²) in [5, 5.41) is 59.1. The number of nitrogens with two attached hydrogens (primary N) is 1. The van der Waals surface area contributed by atoms with Crippen LogP contribution in [-0.2, 0) is 21.1 Å². The number of nitrogens with zero attached hydrogens (tertiary/aromatic N) is 6. The minimum atomic E-state index is -1.42. The number of halogens is 6. The van der Waals surface area contributed by atoms with E-state index in [1.165, 1.54) is 30.0 Å². The molecule has 0 saturated heterocycles. The third-order valence-electron chi connectivity index (χ3n) is 13.6. The summed E-state index contributed by atoms with van der Waals surface area (Å²) in [5.41, 5.74) is 15.5. The highest BCUT2D eigenvalue weighted by atomic mass is 79.9. The predicted molar refractivity (Wildman–Crippen MR) is 395 cm³/mol. The Kier molecular flexibility index (Phi) is 29.4. The van der Waals surface area contributed by atoms with Crippen molar-refractivity contribution in [2.45, 2.75) is 20.8 Å². The van der Waals surface area contributed by atoms with Gasteiger partial charge in [0.05, 0.1) is 112 Å². The number of phenolic OH excluding ortho intramolecular Hbond substituents is 1. The van der Waals surface area contributed by atoms with Gasteiger partial charge in [-0.3, -0.25) is 28.4 Å². The zero-order chi connectivity index (χ0) is 71.9. The fraction of sp³-hybridized carbons (Fsp3) is 0.129. The maximum Gasteiger partial charge on any atom is 0.507 e. The van der Waals surface area contributed by atoms with Crippen molar-refractivity contribution in [3.05, 3.63) is 256 Å². The van der Waals surface area contributed by atoms with Crippen molar-refractivity contribution < 1.29 is 53.6 Å². The molecule has 0 aliphatic carbocycles. The van der Waals surface area contributed by atoms with Gasteiger partial charge in [0, 0.05) is 67.5 Å². The molecule has 3 amide bonds. The van der Waals surface area contributed by atoms with Crippen LogP contribution < -0.4 is 41.5 Å². The highest BCUT2D eigenvalue weighted by Gasteiger charge is 2.19. The Labute approximate surface area is 603 Å². The molecule has 21 nitrogen and oxygen atoms in total. The lowest BCUT2D eigenvalue weighted by atomic mass is 9.86. The van der Waals surface area contributed by atoms with E-state index < -0.39 is 13.1 Å². The zero-order valence-corrected chi connectivity index (χ0v) is 60.3. The van der Waals surface area contributed by atoms with Crippen LogP contribution in [0.5, 0.6) is 23.0 Å². The van der Waals surface area contributed by atoms with Crippen LogP contribution in [0.25, 0.3) is 22.5 Å². The molecule has 0 aliphatic rings. The molecule has 3 heterocycles. The number of carboxylic acid groups (broad SMARTS) is 1. The van der Waals surface area contributed by atoms with Gasteiger partial charge < -0.3 is 56.2 Å². The maximum absolute atomic E-state index is 12.4. The number of aryl methyl sites for hydroxylation is 6. The fourth-order valence-corrected chi connectivity index (χ4v) is 10.6. The van der Waals surface area contributed by atoms with E-state index in [1.54, 1.807) is 171 Å². The first-order valence-electron chi connectivity index (χ1n) is 29.1. The molecule has 0 aliphatic heterocycles. The quantitative estimate of drug-likeness (QED) is 0.0393. The molecule has 0 unspecified atom stereocenters. The van der Waals surface area contributed by atoms with Gasteiger partial charge >= 0.3 is 13.1 Å². The van der Waals surface area contributed by atoms with Gasteiger partial charge in [-0.2, -0.15) is 15.3 Å². The molecular formula is C70H67BBr2Cl4N10O11. The highest BCUT2D eigenvalue weighted by molar-refractivity contribution is 9.11. The molecule has 9 N–H and O–H groups in total. The van der Waals surface area contributed by atoms with Crippen LogP contribution in [0.4, 0.5) is 22.7 Å². The molecule has 0 spiro atoms. The predicted octanol–water partition coefficient (Wildman–Crippen LogP) is 15.2. The molecule has 11 rings (SSSR count). The number of hydrogen-bond donors (Lipinski definition) is 8. The first kappa shape index (κ1) is 77.4. The first-order chi connectivity index (χ1) is 46.6. The second-order valence-corrected chi connectivity index (χ2v) is 24.1. The molecular weight excluding hydrogens is 1470 g/mol. The summed E-state index contributed by atoms with van der Waals surface area (Å²) < 4.78 is 22.1. The summed E-state index contributed by atoms with van der Waals surface area (Å²) in [7, 11) is 8.60. The molecule has 3 aromatic heterocycles. The molecule has 0 atom stereocenters. The summed E-state index contributed by atoms with van der Waals surface area (Å²) >= 11 is 30.2. The maximum atomic E-state index is 12.4. The standard InChI is InChI=1S/C19H18ClN3O2.C18H16ClN3O2.C14H11BrClNO2.C8H7BrO3.C6H6ClN.C5H9BN2O2/c1-12-10-17(23(2)22-12)15-9-8-13(11-18(15)25-3)21-19(24)14-6-4-5-7-16(14)20;1-11-9-16(22(2)21-11)14-8-7-12(10-17(14)23)20-18(24)13-5-3-4-6-15(13)19;1-19-13-8-9(6-7-11(13)15)17-14(18)10-4-2-3-5-12(10)16;1-12-7-4-5(8(10)11)2-3-6(7)9;7-5-3-1-2-4-6(5)8;1-4-3-5(6(9)10)8(2)7-4/h4-11H,1-3H3,(H,21,24);3-10,23H,1-2H3,(H,20,24);2-8H,1H3,(H,17,18);2-4H,1H3,(H,10,11);1-4H,8H2;3,9-10H,1-2H3. The van der Waals surface area contributed by atoms with E-state index in [9.17, 15) is 24.3 Å². The number of rotatable bonds is 13. The van der Waals surface area contributed by atoms with Crippen molar-refractivity contribution in [2.75, 3.05) is 43.0 Å². The number of carboxylic acids is 1. The number of benzene rings is 8. The van der Waals surface area contributed by atoms with Crippen LogP contribution in [0.15, 0.2) is 197 Å². The Morgan fingerprint density at radius 2 is 0.837 bits per heavy atom. The average molecular weight is 1540 g/mol. The van der Waals surface area contributed by atoms with E-state index in [4.69, 9.17) is 81.5 Å². The number of methoxy groups -OCH3 is 3. The summed E-state index contributed by atoms with van der Waals surface area (Å²) in [6, 6.07) is 53.8. The molecule has 0 fully saturated rings. The van der Waals surface area contributed by atoms with Gasteiger partial charge in [-0.15, -0.1) is 0 Å². The van der Waals surface area contributed by atoms with Crippen LogP contribution >= 0.6 is 78.3 Å². The van der Waals surface area contributed by atoms with E-state index >= 15 is 0 Å². The lowest BCUT2D eigenvalue weighted by Crippen LogP contribution is -2.35. The van der Waals surface area contributed by atoms with Crippen molar-refractivity contribution >= 4 is 137 Å². The van der Waals surface area contributed by atoms with Crippen LogP contribution in [0.1, 0.15) is 58.5 Å². The van der Waals surface area contributed by atoms with Crippen LogP contribution in [0.3, 0.4) is 0 Å². The van der Waals surface area contributed by atoms with Crippen molar-refractivity contribution in [1.82, 2.24) is 29.3 Å². The fourth-order valence-electron chi connectivity index (χ4n) is 8.94. The number of aromatic carboxylic acids is 1. The topological polar surface area (TPSA) is 292 Å². The molecule has 11 aromatic rings. The van der Waals surface area contributed by atoms with Crippen molar-refractivity contribution in [2.24, 2.45) is 21.1 Å². The number of para-hydroxylation sites is 1. The minimum Gasteiger partial charge on any atom is -0.507 e. The van der Waals surface area contributed by atoms with E-state index in [0.29, 0.717) is 87.9 Å². The zero-order valence-electron chi connectivity index (χ0n) is 54.2. The molecule has 8 aromatic carbocycles. The number of carbonyl (C=O) groups excluding carboxylic acids is 3. The molecule has 508 valence electrons. The number of phenols is 1. The normalized spacial score (nSPS) is 10.2. The number of nitrogens with one attached hydrogen (secondary N) is 3. The Hall–Kier alpha value is -9.63. The highest BCUT2D eigenvalue weighted by Crippen LogP contribution is 2.35. The van der Waals surface area contributed by atoms with Gasteiger partial charge in [-0.1, -0.05) is 94.9 Å². The van der Waals surface area contributed by atoms with E-state index in [2.05, 4.69) is 63.1 Å². The number of amides is 3. The van der Waals surface area contributed by atoms with Gasteiger partial charge in [-0.25, -0.2) is 4.79 Å². The number of nitrogen functional groups attached to an aromatic ring is 1. The average Bonchev–Trinajstić information content (AvgIpc) is 1.62. The number of anilines is 4. The smallest absolute Gasteiger partial charge is 0.507 e. The number of hydrogen-bond acceptors (Lipinski definition) is 14. The largest absolute Gasteiger partial charge is 0.507 e. The Morgan fingerprint density at radius 1 is 0.469 bits per heavy atom. The number of aromatic hydroxyl groups is 1. The summed E-state index contributed by atoms with van der Waals surface area (Å²) in [5.74, 6) is 0.0819. The number of ether oxygens (including phenoxy) is 3. The van der Waals surface area contributed by atoms with Gasteiger partial charge in [0.15, 0.2) is 0 Å². The van der Waals surface area contributed by atoms with E-state index in [1.807, 2.05) is 64.3 Å². The van der Waals surface area contributed by atoms with Crippen LogP contribution in [0, 0.1) is 20.8 Å². The van der Waals surface area contributed by atoms with Gasteiger partial charge in [0.25, 0.3) is 17.7 Å². The second-order valence-electron chi connectivity index (χ2n) is 20.8. The van der Waals surface area contributed by atoms with Gasteiger partial charge in [0.2, 0.25) is 0 Å². The van der Waals surface area contributed by atoms with E-state index in [0.717, 1.165) is 43.0 Å². The summed E-state index contributed by atoms with van der Waals surface area (Å²) in [6.07, 6.45) is 0. The molecule has 0 bridgehead atoms. The minimum absolute atomic E-state index is 0.0648. The summed E-state index contributed by atoms with van der Waals surface area (Å²) in [4.78, 5) is 47.2. The SMILES string of the molecule is COc1cc(C(=O)O)ccc1Br.COc1cc(NC(=O)c2ccccc2Cl)ccc1-c1cc(C)nn1C.COc1cc(NC(=O)c2ccccc2Cl)ccc1Br.Cc1cc(-c2ccc(NC(=O)c3ccccc3Cl)cc2O)n(C)n1.Cc1cc(B(O)O)n(C)n1.Nc1ccccc1Cl. The lowest BCUT2D eigenvalue weighted by Gasteiger charge is -2.12. The Bertz CT molecular complexity index is 4570. The number of carbonyl (C=O) groups is 4. The molecule has 98 heavy (non-hydrogen) atoms. The third kappa shape index (κ3) is 22.2.